The third-order valence-corrected chi connectivity index (χ3v) is 3.65. The number of rotatable bonds is 5. The van der Waals surface area contributed by atoms with E-state index in [1.54, 1.807) is 6.07 Å². The Balaban J connectivity index is 1.96. The number of amides is 1. The van der Waals surface area contributed by atoms with Crippen molar-refractivity contribution >= 4 is 17.2 Å². The molecule has 2 aromatic rings. The van der Waals surface area contributed by atoms with Gasteiger partial charge in [-0.25, -0.2) is 0 Å². The number of thiophene rings is 1. The van der Waals surface area contributed by atoms with Crippen LogP contribution in [0.5, 0.6) is 0 Å². The molecule has 0 bridgehead atoms. The van der Waals surface area contributed by atoms with Crippen LogP contribution in [0.15, 0.2) is 35.2 Å². The Morgan fingerprint density at radius 1 is 1.47 bits per heavy atom. The molecule has 102 valence electrons. The van der Waals surface area contributed by atoms with Crippen molar-refractivity contribution in [2.45, 2.75) is 26.0 Å². The Labute approximate surface area is 116 Å². The van der Waals surface area contributed by atoms with E-state index in [1.807, 2.05) is 47.5 Å². The first-order valence-electron chi connectivity index (χ1n) is 6.24. The van der Waals surface area contributed by atoms with Crippen LogP contribution in [0.2, 0.25) is 0 Å². The lowest BCUT2D eigenvalue weighted by molar-refractivity contribution is 0.0906. The minimum Gasteiger partial charge on any atom is -0.387 e. The Hall–Kier alpha value is -1.59. The smallest absolute Gasteiger partial charge is 0.268 e. The maximum atomic E-state index is 12.1. The third-order valence-electron chi connectivity index (χ3n) is 2.95. The van der Waals surface area contributed by atoms with Crippen LogP contribution in [0.25, 0.3) is 0 Å². The normalized spacial score (nSPS) is 12.6. The van der Waals surface area contributed by atoms with Crippen LogP contribution in [-0.4, -0.2) is 22.1 Å². The molecular weight excluding hydrogens is 260 g/mol. The van der Waals surface area contributed by atoms with Crippen LogP contribution in [-0.2, 0) is 0 Å². The number of carbonyl (C=O) groups is 1. The van der Waals surface area contributed by atoms with E-state index in [0.29, 0.717) is 5.69 Å². The summed E-state index contributed by atoms with van der Waals surface area (Å²) in [5.74, 6) is -0.159. The van der Waals surface area contributed by atoms with Gasteiger partial charge in [-0.1, -0.05) is 0 Å². The zero-order chi connectivity index (χ0) is 13.8. The molecule has 0 fully saturated rings. The number of hydrogen-bond donors (Lipinski definition) is 2. The van der Waals surface area contributed by atoms with Gasteiger partial charge in [0.1, 0.15) is 5.69 Å². The van der Waals surface area contributed by atoms with Crippen molar-refractivity contribution in [1.82, 2.24) is 9.88 Å². The van der Waals surface area contributed by atoms with Gasteiger partial charge in [0.2, 0.25) is 0 Å². The van der Waals surface area contributed by atoms with Gasteiger partial charge in [0, 0.05) is 18.8 Å². The fraction of sp³-hybridized carbons (Fsp3) is 0.357. The molecule has 0 spiro atoms. The minimum absolute atomic E-state index is 0.159. The summed E-state index contributed by atoms with van der Waals surface area (Å²) in [6, 6.07) is 5.73. The standard InChI is InChI=1S/C14H18N2O2S/c1-10(2)16-6-3-4-12(16)14(18)15-8-13(17)11-5-7-19-9-11/h3-7,9-10,13,17H,8H2,1-2H3,(H,15,18). The fourth-order valence-electron chi connectivity index (χ4n) is 1.90. The molecule has 2 rings (SSSR count). The molecule has 2 N–H and O–H groups in total. The van der Waals surface area contributed by atoms with E-state index < -0.39 is 6.10 Å². The summed E-state index contributed by atoms with van der Waals surface area (Å²) in [6.07, 6.45) is 1.23. The van der Waals surface area contributed by atoms with Crippen molar-refractivity contribution < 1.29 is 9.90 Å². The Bertz CT molecular complexity index is 531. The van der Waals surface area contributed by atoms with Gasteiger partial charge in [-0.05, 0) is 48.4 Å². The summed E-state index contributed by atoms with van der Waals surface area (Å²) < 4.78 is 1.91. The number of carbonyl (C=O) groups excluding carboxylic acids is 1. The molecule has 0 aliphatic rings. The van der Waals surface area contributed by atoms with Crippen molar-refractivity contribution in [2.24, 2.45) is 0 Å². The summed E-state index contributed by atoms with van der Waals surface area (Å²) >= 11 is 1.53. The van der Waals surface area contributed by atoms with Crippen LogP contribution in [0.4, 0.5) is 0 Å². The molecule has 5 heteroatoms. The summed E-state index contributed by atoms with van der Waals surface area (Å²) in [4.78, 5) is 12.1. The van der Waals surface area contributed by atoms with Gasteiger partial charge in [0.15, 0.2) is 0 Å². The monoisotopic (exact) mass is 278 g/mol. The van der Waals surface area contributed by atoms with E-state index in [0.717, 1.165) is 5.56 Å². The molecule has 1 atom stereocenters. The molecule has 0 aliphatic heterocycles. The average Bonchev–Trinajstić information content (AvgIpc) is 3.04. The predicted octanol–water partition coefficient (Wildman–Crippen LogP) is 2.59. The highest BCUT2D eigenvalue weighted by atomic mass is 32.1. The Kier molecular flexibility index (Phi) is 4.39. The average molecular weight is 278 g/mol. The predicted molar refractivity (Wildman–Crippen MR) is 76.4 cm³/mol. The Morgan fingerprint density at radius 2 is 2.26 bits per heavy atom. The fourth-order valence-corrected chi connectivity index (χ4v) is 2.61. The molecule has 0 saturated carbocycles. The highest BCUT2D eigenvalue weighted by molar-refractivity contribution is 7.07. The molecular formula is C14H18N2O2S. The van der Waals surface area contributed by atoms with Gasteiger partial charge < -0.3 is 15.0 Å². The van der Waals surface area contributed by atoms with Crippen molar-refractivity contribution in [3.63, 3.8) is 0 Å². The second-order valence-electron chi connectivity index (χ2n) is 4.68. The van der Waals surface area contributed by atoms with Crippen LogP contribution < -0.4 is 5.32 Å². The zero-order valence-corrected chi connectivity index (χ0v) is 11.9. The van der Waals surface area contributed by atoms with E-state index in [2.05, 4.69) is 5.32 Å². The largest absolute Gasteiger partial charge is 0.387 e. The highest BCUT2D eigenvalue weighted by Crippen LogP contribution is 2.16. The maximum Gasteiger partial charge on any atom is 0.268 e. The minimum atomic E-state index is -0.655. The van der Waals surface area contributed by atoms with Gasteiger partial charge in [0.05, 0.1) is 6.10 Å². The van der Waals surface area contributed by atoms with E-state index in [4.69, 9.17) is 0 Å². The van der Waals surface area contributed by atoms with Crippen LogP contribution >= 0.6 is 11.3 Å². The van der Waals surface area contributed by atoms with Crippen molar-refractivity contribution in [2.75, 3.05) is 6.54 Å². The number of nitrogens with one attached hydrogen (secondary N) is 1. The van der Waals surface area contributed by atoms with Crippen molar-refractivity contribution in [3.05, 3.63) is 46.4 Å². The second kappa shape index (κ2) is 6.04. The number of aliphatic hydroxyl groups is 1. The summed E-state index contributed by atoms with van der Waals surface area (Å²) in [6.45, 7) is 4.27. The van der Waals surface area contributed by atoms with Gasteiger partial charge >= 0.3 is 0 Å². The zero-order valence-electron chi connectivity index (χ0n) is 11.0. The lowest BCUT2D eigenvalue weighted by atomic mass is 10.2. The molecule has 4 nitrogen and oxygen atoms in total. The van der Waals surface area contributed by atoms with E-state index in [1.165, 1.54) is 11.3 Å². The lowest BCUT2D eigenvalue weighted by Crippen LogP contribution is -2.30. The number of aromatic nitrogens is 1. The second-order valence-corrected chi connectivity index (χ2v) is 5.46. The number of aliphatic hydroxyl groups excluding tert-OH is 1. The molecule has 0 saturated heterocycles. The van der Waals surface area contributed by atoms with Crippen molar-refractivity contribution in [1.29, 1.82) is 0 Å². The van der Waals surface area contributed by atoms with E-state index in [9.17, 15) is 9.90 Å². The summed E-state index contributed by atoms with van der Waals surface area (Å²) in [7, 11) is 0. The van der Waals surface area contributed by atoms with Gasteiger partial charge in [-0.15, -0.1) is 0 Å². The van der Waals surface area contributed by atoms with Gasteiger partial charge in [-0.2, -0.15) is 11.3 Å². The van der Waals surface area contributed by atoms with Crippen LogP contribution in [0.3, 0.4) is 0 Å². The molecule has 2 aromatic heterocycles. The van der Waals surface area contributed by atoms with E-state index >= 15 is 0 Å². The van der Waals surface area contributed by atoms with Crippen LogP contribution in [0, 0.1) is 0 Å². The SMILES string of the molecule is CC(C)n1cccc1C(=O)NCC(O)c1ccsc1. The molecule has 19 heavy (non-hydrogen) atoms. The quantitative estimate of drug-likeness (QED) is 0.883. The molecule has 0 aliphatic carbocycles. The van der Waals surface area contributed by atoms with E-state index in [-0.39, 0.29) is 18.5 Å². The molecule has 2 heterocycles. The topological polar surface area (TPSA) is 54.3 Å². The highest BCUT2D eigenvalue weighted by Gasteiger charge is 2.14. The number of nitrogens with zero attached hydrogens (tertiary/aromatic N) is 1. The van der Waals surface area contributed by atoms with Gasteiger partial charge in [0.25, 0.3) is 5.91 Å². The molecule has 1 amide bonds. The Morgan fingerprint density at radius 3 is 2.89 bits per heavy atom. The summed E-state index contributed by atoms with van der Waals surface area (Å²) in [5.41, 5.74) is 1.46. The van der Waals surface area contributed by atoms with Crippen LogP contribution in [0.1, 0.15) is 42.0 Å². The first kappa shape index (κ1) is 13.8. The molecule has 1 unspecified atom stereocenters. The number of hydrogen-bond acceptors (Lipinski definition) is 3. The lowest BCUT2D eigenvalue weighted by Gasteiger charge is -2.14. The maximum absolute atomic E-state index is 12.1. The molecule has 0 radical (unpaired) electrons. The summed E-state index contributed by atoms with van der Waals surface area (Å²) in [5, 5.41) is 16.5. The first-order valence-corrected chi connectivity index (χ1v) is 7.19. The third kappa shape index (κ3) is 3.24. The van der Waals surface area contributed by atoms with Crippen molar-refractivity contribution in [3.8, 4) is 0 Å². The van der Waals surface area contributed by atoms with Gasteiger partial charge in [-0.3, -0.25) is 4.79 Å². The molecule has 0 aromatic carbocycles. The first-order chi connectivity index (χ1) is 9.09.